The molecule has 2 aromatic carbocycles. The highest BCUT2D eigenvalue weighted by Crippen LogP contribution is 2.26. The maximum Gasteiger partial charge on any atom is 0.256 e. The van der Waals surface area contributed by atoms with Crippen molar-refractivity contribution in [2.24, 2.45) is 0 Å². The molecule has 0 heterocycles. The molecule has 2 rings (SSSR count). The van der Waals surface area contributed by atoms with E-state index in [1.807, 2.05) is 51.1 Å². The predicted molar refractivity (Wildman–Crippen MR) is 92.5 cm³/mol. The Hall–Kier alpha value is -1.51. The summed E-state index contributed by atoms with van der Waals surface area (Å²) in [6, 6.07) is 14.9. The molecule has 0 aromatic heterocycles. The molecule has 0 fully saturated rings. The lowest BCUT2D eigenvalue weighted by molar-refractivity contribution is 0.0559. The van der Waals surface area contributed by atoms with Gasteiger partial charge in [-0.3, -0.25) is 4.79 Å². The molecule has 2 nitrogen and oxygen atoms in total. The van der Waals surface area contributed by atoms with Crippen molar-refractivity contribution < 1.29 is 4.79 Å². The first-order valence-corrected chi connectivity index (χ1v) is 7.85. The number of hydrogen-bond donors (Lipinski definition) is 0. The number of carbonyl (C=O) groups is 1. The fourth-order valence-corrected chi connectivity index (χ4v) is 2.56. The van der Waals surface area contributed by atoms with Crippen molar-refractivity contribution in [1.82, 2.24) is 4.90 Å². The van der Waals surface area contributed by atoms with Crippen molar-refractivity contribution >= 4 is 29.1 Å². The van der Waals surface area contributed by atoms with E-state index in [2.05, 4.69) is 0 Å². The maximum absolute atomic E-state index is 13.0. The van der Waals surface area contributed by atoms with Crippen molar-refractivity contribution in [3.8, 4) is 0 Å². The molecule has 4 heteroatoms. The summed E-state index contributed by atoms with van der Waals surface area (Å²) < 4.78 is 0. The van der Waals surface area contributed by atoms with E-state index < -0.39 is 0 Å². The van der Waals surface area contributed by atoms with E-state index >= 15 is 0 Å². The molecule has 0 saturated carbocycles. The average Bonchev–Trinajstić information content (AvgIpc) is 2.46. The van der Waals surface area contributed by atoms with Crippen LogP contribution in [0.4, 0.5) is 0 Å². The minimum absolute atomic E-state index is 0.121. The van der Waals surface area contributed by atoms with Crippen molar-refractivity contribution in [1.29, 1.82) is 0 Å². The summed E-state index contributed by atoms with van der Waals surface area (Å²) in [7, 11) is 0. The van der Waals surface area contributed by atoms with Gasteiger partial charge in [-0.25, -0.2) is 0 Å². The van der Waals surface area contributed by atoms with Crippen LogP contribution in [0, 0.1) is 0 Å². The van der Waals surface area contributed by atoms with Gasteiger partial charge in [0, 0.05) is 17.1 Å². The summed E-state index contributed by atoms with van der Waals surface area (Å²) in [5, 5.41) is 0.915. The van der Waals surface area contributed by atoms with Crippen LogP contribution in [0.25, 0.3) is 0 Å². The van der Waals surface area contributed by atoms with Crippen molar-refractivity contribution in [2.75, 3.05) is 0 Å². The van der Waals surface area contributed by atoms with Crippen molar-refractivity contribution in [3.63, 3.8) is 0 Å². The van der Waals surface area contributed by atoms with E-state index in [0.717, 1.165) is 5.56 Å². The van der Waals surface area contributed by atoms with Gasteiger partial charge in [0.25, 0.3) is 5.91 Å². The predicted octanol–water partition coefficient (Wildman–Crippen LogP) is 5.43. The fraction of sp³-hybridized carbons (Fsp3) is 0.278. The van der Waals surface area contributed by atoms with Gasteiger partial charge >= 0.3 is 0 Å². The first-order chi connectivity index (χ1) is 10.3. The molecule has 0 radical (unpaired) electrons. The fourth-order valence-electron chi connectivity index (χ4n) is 2.19. The van der Waals surface area contributed by atoms with Crippen LogP contribution in [0.15, 0.2) is 48.5 Å². The number of rotatable bonds is 3. The van der Waals surface area contributed by atoms with Crippen LogP contribution < -0.4 is 0 Å². The molecule has 0 aliphatic carbocycles. The lowest BCUT2D eigenvalue weighted by Crippen LogP contribution is -2.45. The van der Waals surface area contributed by atoms with Gasteiger partial charge in [0.2, 0.25) is 0 Å². The molecule has 0 bridgehead atoms. The third kappa shape index (κ3) is 4.02. The Kier molecular flexibility index (Phi) is 5.15. The standard InChI is InChI=1S/C18H19Cl2NO/c1-18(2,3)21(12-13-7-5-4-6-8-13)17(22)15-11-14(19)9-10-16(15)20/h4-11H,12H2,1-3H3. The molecule has 0 spiro atoms. The summed E-state index contributed by atoms with van der Waals surface area (Å²) >= 11 is 12.2. The second kappa shape index (κ2) is 6.72. The Morgan fingerprint density at radius 1 is 1.05 bits per heavy atom. The summed E-state index contributed by atoms with van der Waals surface area (Å²) in [4.78, 5) is 14.8. The van der Waals surface area contributed by atoms with Crippen LogP contribution in [0.1, 0.15) is 36.7 Å². The third-order valence-electron chi connectivity index (χ3n) is 3.40. The molecule has 0 aliphatic rings. The SMILES string of the molecule is CC(C)(C)N(Cc1ccccc1)C(=O)c1cc(Cl)ccc1Cl. The molecular weight excluding hydrogens is 317 g/mol. The van der Waals surface area contributed by atoms with Crippen molar-refractivity contribution in [3.05, 3.63) is 69.7 Å². The quantitative estimate of drug-likeness (QED) is 0.731. The van der Waals surface area contributed by atoms with E-state index in [1.165, 1.54) is 0 Å². The van der Waals surface area contributed by atoms with Crippen LogP contribution in [0.2, 0.25) is 10.0 Å². The summed E-state index contributed by atoms with van der Waals surface area (Å²) in [5.74, 6) is -0.121. The molecule has 0 unspecified atom stereocenters. The molecule has 22 heavy (non-hydrogen) atoms. The Bertz CT molecular complexity index is 663. The largest absolute Gasteiger partial charge is 0.329 e. The lowest BCUT2D eigenvalue weighted by atomic mass is 10.0. The molecule has 0 atom stereocenters. The van der Waals surface area contributed by atoms with Crippen LogP contribution >= 0.6 is 23.2 Å². The number of carbonyl (C=O) groups excluding carboxylic acids is 1. The van der Waals surface area contributed by atoms with Crippen molar-refractivity contribution in [2.45, 2.75) is 32.9 Å². The highest BCUT2D eigenvalue weighted by atomic mass is 35.5. The second-order valence-electron chi connectivity index (χ2n) is 6.17. The summed E-state index contributed by atoms with van der Waals surface area (Å²) in [6.07, 6.45) is 0. The zero-order valence-electron chi connectivity index (χ0n) is 12.9. The van der Waals surface area contributed by atoms with Gasteiger partial charge in [-0.05, 0) is 44.5 Å². The van der Waals surface area contributed by atoms with Gasteiger partial charge in [0.05, 0.1) is 10.6 Å². The Morgan fingerprint density at radius 3 is 2.27 bits per heavy atom. The molecular formula is C18H19Cl2NO. The van der Waals surface area contributed by atoms with E-state index in [4.69, 9.17) is 23.2 Å². The zero-order valence-corrected chi connectivity index (χ0v) is 14.4. The topological polar surface area (TPSA) is 20.3 Å². The first kappa shape index (κ1) is 16.9. The van der Waals surface area contributed by atoms with Gasteiger partial charge in [-0.2, -0.15) is 0 Å². The van der Waals surface area contributed by atoms with Crippen LogP contribution in [0.5, 0.6) is 0 Å². The summed E-state index contributed by atoms with van der Waals surface area (Å²) in [6.45, 7) is 6.54. The number of benzene rings is 2. The van der Waals surface area contributed by atoms with Gasteiger partial charge in [0.15, 0.2) is 0 Å². The normalized spacial score (nSPS) is 11.3. The number of amides is 1. The molecule has 0 saturated heterocycles. The van der Waals surface area contributed by atoms with E-state index in [0.29, 0.717) is 22.2 Å². The molecule has 1 amide bonds. The van der Waals surface area contributed by atoms with E-state index in [9.17, 15) is 4.79 Å². The lowest BCUT2D eigenvalue weighted by Gasteiger charge is -2.36. The number of nitrogens with zero attached hydrogens (tertiary/aromatic N) is 1. The molecule has 0 aliphatic heterocycles. The highest BCUT2D eigenvalue weighted by Gasteiger charge is 2.28. The van der Waals surface area contributed by atoms with Gasteiger partial charge < -0.3 is 4.90 Å². The monoisotopic (exact) mass is 335 g/mol. The Balaban J connectivity index is 2.37. The van der Waals surface area contributed by atoms with Crippen LogP contribution in [-0.4, -0.2) is 16.3 Å². The smallest absolute Gasteiger partial charge is 0.256 e. The molecule has 116 valence electrons. The minimum Gasteiger partial charge on any atom is -0.329 e. The molecule has 2 aromatic rings. The zero-order chi connectivity index (χ0) is 16.3. The van der Waals surface area contributed by atoms with E-state index in [1.54, 1.807) is 23.1 Å². The maximum atomic E-state index is 13.0. The first-order valence-electron chi connectivity index (χ1n) is 7.10. The van der Waals surface area contributed by atoms with Gasteiger partial charge in [0.1, 0.15) is 0 Å². The van der Waals surface area contributed by atoms with Gasteiger partial charge in [-0.1, -0.05) is 53.5 Å². The number of halogens is 2. The summed E-state index contributed by atoms with van der Waals surface area (Å²) in [5.41, 5.74) is 1.17. The Morgan fingerprint density at radius 2 is 1.68 bits per heavy atom. The van der Waals surface area contributed by atoms with Crippen LogP contribution in [0.3, 0.4) is 0 Å². The average molecular weight is 336 g/mol. The highest BCUT2D eigenvalue weighted by molar-refractivity contribution is 6.35. The molecule has 0 N–H and O–H groups in total. The van der Waals surface area contributed by atoms with Crippen LogP contribution in [-0.2, 0) is 6.54 Å². The van der Waals surface area contributed by atoms with E-state index in [-0.39, 0.29) is 11.4 Å². The third-order valence-corrected chi connectivity index (χ3v) is 3.96. The van der Waals surface area contributed by atoms with Gasteiger partial charge in [-0.15, -0.1) is 0 Å². The second-order valence-corrected chi connectivity index (χ2v) is 7.02. The Labute approximate surface area is 141 Å². The number of hydrogen-bond acceptors (Lipinski definition) is 1. The minimum atomic E-state index is -0.335.